The summed E-state index contributed by atoms with van der Waals surface area (Å²) >= 11 is 0. The van der Waals surface area contributed by atoms with Crippen LogP contribution in [0.25, 0.3) is 0 Å². The van der Waals surface area contributed by atoms with Gasteiger partial charge in [0.25, 0.3) is 0 Å². The number of ether oxygens (including phenoxy) is 3. The van der Waals surface area contributed by atoms with E-state index < -0.39 is 20.8 Å². The summed E-state index contributed by atoms with van der Waals surface area (Å²) < 4.78 is 42.3. The third-order valence-corrected chi connectivity index (χ3v) is 6.23. The predicted octanol–water partition coefficient (Wildman–Crippen LogP) is 2.81. The standard InChI is InChI=1S/C18H29NO6S/c1-18(2,3)26(21,22)19-15(8-7-9-17(20)25-6)14-11-10-13(23-4)12-16(14)24-5/h10-12,15,19H,7-9H2,1-6H3. The highest BCUT2D eigenvalue weighted by atomic mass is 32.2. The number of sulfonamides is 1. The third kappa shape index (κ3) is 5.88. The van der Waals surface area contributed by atoms with E-state index in [-0.39, 0.29) is 12.4 Å². The maximum Gasteiger partial charge on any atom is 0.305 e. The second-order valence-electron chi connectivity index (χ2n) is 6.86. The number of carbonyl (C=O) groups excluding carboxylic acids is 1. The van der Waals surface area contributed by atoms with E-state index in [0.29, 0.717) is 29.9 Å². The lowest BCUT2D eigenvalue weighted by molar-refractivity contribution is -0.140. The first-order valence-corrected chi connectivity index (χ1v) is 9.84. The van der Waals surface area contributed by atoms with Crippen LogP contribution in [0.1, 0.15) is 51.6 Å². The molecule has 0 aliphatic heterocycles. The van der Waals surface area contributed by atoms with E-state index in [1.165, 1.54) is 14.2 Å². The number of benzene rings is 1. The average Bonchev–Trinajstić information content (AvgIpc) is 2.58. The maximum atomic E-state index is 12.6. The van der Waals surface area contributed by atoms with Crippen molar-refractivity contribution in [1.29, 1.82) is 0 Å². The minimum atomic E-state index is -3.59. The van der Waals surface area contributed by atoms with Crippen LogP contribution in [0, 0.1) is 0 Å². The van der Waals surface area contributed by atoms with Gasteiger partial charge in [-0.3, -0.25) is 4.79 Å². The number of hydrogen-bond acceptors (Lipinski definition) is 6. The first-order chi connectivity index (χ1) is 12.1. The van der Waals surface area contributed by atoms with Gasteiger partial charge in [0.2, 0.25) is 10.0 Å². The molecule has 0 aromatic heterocycles. The quantitative estimate of drug-likeness (QED) is 0.655. The van der Waals surface area contributed by atoms with Gasteiger partial charge in [0.1, 0.15) is 11.5 Å². The number of esters is 1. The molecule has 26 heavy (non-hydrogen) atoms. The van der Waals surface area contributed by atoms with Crippen molar-refractivity contribution in [2.75, 3.05) is 21.3 Å². The highest BCUT2D eigenvalue weighted by Crippen LogP contribution is 2.33. The van der Waals surface area contributed by atoms with Crippen molar-refractivity contribution in [2.45, 2.75) is 50.8 Å². The normalized spacial score (nSPS) is 13.2. The fourth-order valence-corrected chi connectivity index (χ4v) is 3.27. The summed E-state index contributed by atoms with van der Waals surface area (Å²) in [6.45, 7) is 4.89. The van der Waals surface area contributed by atoms with Crippen molar-refractivity contribution < 1.29 is 27.4 Å². The van der Waals surface area contributed by atoms with Gasteiger partial charge in [0.05, 0.1) is 32.1 Å². The van der Waals surface area contributed by atoms with E-state index in [0.717, 1.165) is 0 Å². The second kappa shape index (κ2) is 9.23. The molecule has 1 unspecified atom stereocenters. The first kappa shape index (κ1) is 22.2. The molecule has 8 heteroatoms. The van der Waals surface area contributed by atoms with Gasteiger partial charge in [-0.2, -0.15) is 0 Å². The van der Waals surface area contributed by atoms with E-state index in [9.17, 15) is 13.2 Å². The van der Waals surface area contributed by atoms with Crippen LogP contribution in [0.15, 0.2) is 18.2 Å². The van der Waals surface area contributed by atoms with E-state index in [2.05, 4.69) is 9.46 Å². The Morgan fingerprint density at radius 3 is 2.31 bits per heavy atom. The van der Waals surface area contributed by atoms with E-state index >= 15 is 0 Å². The molecule has 1 aromatic carbocycles. The minimum absolute atomic E-state index is 0.211. The maximum absolute atomic E-state index is 12.6. The Morgan fingerprint density at radius 1 is 1.15 bits per heavy atom. The number of carbonyl (C=O) groups is 1. The van der Waals surface area contributed by atoms with Crippen molar-refractivity contribution in [3.05, 3.63) is 23.8 Å². The monoisotopic (exact) mass is 387 g/mol. The Bertz CT molecular complexity index is 709. The summed E-state index contributed by atoms with van der Waals surface area (Å²) in [7, 11) is 0.795. The molecule has 0 amide bonds. The van der Waals surface area contributed by atoms with Gasteiger partial charge in [-0.05, 0) is 39.7 Å². The van der Waals surface area contributed by atoms with Gasteiger partial charge < -0.3 is 14.2 Å². The summed E-state index contributed by atoms with van der Waals surface area (Å²) in [4.78, 5) is 11.4. The molecule has 0 bridgehead atoms. The Labute approximate surface area is 156 Å². The highest BCUT2D eigenvalue weighted by molar-refractivity contribution is 7.90. The lowest BCUT2D eigenvalue weighted by atomic mass is 10.0. The molecule has 1 atom stereocenters. The Morgan fingerprint density at radius 2 is 1.81 bits per heavy atom. The molecule has 0 aliphatic carbocycles. The molecule has 7 nitrogen and oxygen atoms in total. The van der Waals surface area contributed by atoms with Crippen LogP contribution in [-0.4, -0.2) is 40.5 Å². The third-order valence-electron chi connectivity index (χ3n) is 4.02. The van der Waals surface area contributed by atoms with Crippen molar-refractivity contribution in [1.82, 2.24) is 4.72 Å². The minimum Gasteiger partial charge on any atom is -0.497 e. The van der Waals surface area contributed by atoms with Gasteiger partial charge in [0, 0.05) is 18.1 Å². The van der Waals surface area contributed by atoms with Crippen LogP contribution in [0.4, 0.5) is 0 Å². The topological polar surface area (TPSA) is 90.9 Å². The van der Waals surface area contributed by atoms with Crippen LogP contribution >= 0.6 is 0 Å². The Balaban J connectivity index is 3.17. The molecule has 1 rings (SSSR count). The zero-order valence-electron chi connectivity index (χ0n) is 16.3. The number of hydrogen-bond donors (Lipinski definition) is 1. The number of rotatable bonds is 9. The summed E-state index contributed by atoms with van der Waals surface area (Å²) in [5, 5.41) is 0. The van der Waals surface area contributed by atoms with E-state index in [1.807, 2.05) is 0 Å². The summed E-state index contributed by atoms with van der Waals surface area (Å²) in [5.41, 5.74) is 0.686. The fraction of sp³-hybridized carbons (Fsp3) is 0.611. The zero-order chi connectivity index (χ0) is 20.0. The summed E-state index contributed by atoms with van der Waals surface area (Å²) in [5.74, 6) is 0.797. The Hall–Kier alpha value is -1.80. The van der Waals surface area contributed by atoms with Crippen LogP contribution in [0.2, 0.25) is 0 Å². The number of nitrogens with one attached hydrogen (secondary N) is 1. The van der Waals surface area contributed by atoms with Gasteiger partial charge >= 0.3 is 5.97 Å². The van der Waals surface area contributed by atoms with E-state index in [4.69, 9.17) is 9.47 Å². The molecule has 1 N–H and O–H groups in total. The molecule has 0 radical (unpaired) electrons. The number of methoxy groups -OCH3 is 3. The predicted molar refractivity (Wildman–Crippen MR) is 100.0 cm³/mol. The summed E-state index contributed by atoms with van der Waals surface area (Å²) in [6.07, 6.45) is 1.11. The van der Waals surface area contributed by atoms with Crippen LogP contribution in [-0.2, 0) is 19.6 Å². The van der Waals surface area contributed by atoms with Crippen molar-refractivity contribution in [2.24, 2.45) is 0 Å². The smallest absolute Gasteiger partial charge is 0.305 e. The van der Waals surface area contributed by atoms with Crippen molar-refractivity contribution in [3.8, 4) is 11.5 Å². The largest absolute Gasteiger partial charge is 0.497 e. The molecule has 0 fully saturated rings. The molecule has 0 aliphatic rings. The molecule has 148 valence electrons. The van der Waals surface area contributed by atoms with Crippen molar-refractivity contribution >= 4 is 16.0 Å². The molecule has 0 saturated heterocycles. The van der Waals surface area contributed by atoms with Crippen LogP contribution < -0.4 is 14.2 Å². The molecule has 1 aromatic rings. The zero-order valence-corrected chi connectivity index (χ0v) is 17.1. The average molecular weight is 387 g/mol. The molecule has 0 heterocycles. The highest BCUT2D eigenvalue weighted by Gasteiger charge is 2.32. The van der Waals surface area contributed by atoms with Gasteiger partial charge in [-0.15, -0.1) is 0 Å². The van der Waals surface area contributed by atoms with Gasteiger partial charge in [0.15, 0.2) is 0 Å². The van der Waals surface area contributed by atoms with E-state index in [1.54, 1.807) is 46.1 Å². The lowest BCUT2D eigenvalue weighted by Crippen LogP contribution is -2.41. The first-order valence-electron chi connectivity index (χ1n) is 8.36. The van der Waals surface area contributed by atoms with Gasteiger partial charge in [-0.1, -0.05) is 6.07 Å². The molecule has 0 saturated carbocycles. The van der Waals surface area contributed by atoms with Crippen molar-refractivity contribution in [3.63, 3.8) is 0 Å². The van der Waals surface area contributed by atoms with Crippen LogP contribution in [0.3, 0.4) is 0 Å². The summed E-state index contributed by atoms with van der Waals surface area (Å²) in [6, 6.07) is 4.68. The fourth-order valence-electron chi connectivity index (χ4n) is 2.30. The lowest BCUT2D eigenvalue weighted by Gasteiger charge is -2.26. The second-order valence-corrected chi connectivity index (χ2v) is 9.33. The van der Waals surface area contributed by atoms with Gasteiger partial charge in [-0.25, -0.2) is 13.1 Å². The van der Waals surface area contributed by atoms with Crippen LogP contribution in [0.5, 0.6) is 11.5 Å². The molecular formula is C18H29NO6S. The molecular weight excluding hydrogens is 358 g/mol. The molecule has 0 spiro atoms. The Kier molecular flexibility index (Phi) is 7.89. The SMILES string of the molecule is COC(=O)CCCC(NS(=O)(=O)C(C)(C)C)c1ccc(OC)cc1OC.